The van der Waals surface area contributed by atoms with Gasteiger partial charge in [-0.1, -0.05) is 11.6 Å². The van der Waals surface area contributed by atoms with Gasteiger partial charge in [0.25, 0.3) is 0 Å². The van der Waals surface area contributed by atoms with Crippen molar-refractivity contribution in [3.8, 4) is 0 Å². The largest absolute Gasteiger partial charge is 0.433 e. The molecule has 0 atom stereocenters. The Morgan fingerprint density at radius 3 is 2.30 bits per heavy atom. The minimum atomic E-state index is -4.54. The average Bonchev–Trinajstić information content (AvgIpc) is 2.83. The van der Waals surface area contributed by atoms with Crippen LogP contribution in [-0.4, -0.2) is 67.4 Å². The maximum Gasteiger partial charge on any atom is 0.433 e. The van der Waals surface area contributed by atoms with E-state index in [1.807, 2.05) is 29.2 Å². The van der Waals surface area contributed by atoms with Crippen molar-refractivity contribution in [3.05, 3.63) is 47.2 Å². The number of fused-ring (bicyclic) bond motifs is 1. The van der Waals surface area contributed by atoms with Gasteiger partial charge in [-0.15, -0.1) is 0 Å². The van der Waals surface area contributed by atoms with Crippen molar-refractivity contribution in [2.75, 3.05) is 67.2 Å². The molecule has 0 saturated carbocycles. The van der Waals surface area contributed by atoms with Crippen LogP contribution in [-0.2, 0) is 10.9 Å². The Bertz CT molecular complexity index is 1150. The van der Waals surface area contributed by atoms with Crippen LogP contribution >= 0.6 is 11.6 Å². The van der Waals surface area contributed by atoms with Gasteiger partial charge < -0.3 is 19.4 Å². The molecule has 3 aromatic rings. The first-order valence-corrected chi connectivity index (χ1v) is 11.1. The first-order chi connectivity index (χ1) is 15.9. The Morgan fingerprint density at radius 2 is 1.58 bits per heavy atom. The lowest BCUT2D eigenvalue weighted by atomic mass is 10.1. The maximum atomic E-state index is 13.6. The van der Waals surface area contributed by atoms with Crippen LogP contribution < -0.4 is 14.7 Å². The smallest absolute Gasteiger partial charge is 0.378 e. The Morgan fingerprint density at radius 1 is 0.848 bits per heavy atom. The number of anilines is 3. The van der Waals surface area contributed by atoms with Gasteiger partial charge in [-0.3, -0.25) is 4.98 Å². The van der Waals surface area contributed by atoms with Crippen molar-refractivity contribution in [2.24, 2.45) is 0 Å². The SMILES string of the molecule is FC(F)(F)c1cc(N2CCN(c3ccnc4cc(Cl)ccc34)CC2)nc(N2CCOCC2)n1. The summed E-state index contributed by atoms with van der Waals surface area (Å²) in [4.78, 5) is 18.5. The molecule has 2 saturated heterocycles. The van der Waals surface area contributed by atoms with Gasteiger partial charge in [-0.05, 0) is 24.3 Å². The molecule has 11 heteroatoms. The molecule has 0 amide bonds. The Kier molecular flexibility index (Phi) is 5.88. The summed E-state index contributed by atoms with van der Waals surface area (Å²) in [5.74, 6) is 0.396. The highest BCUT2D eigenvalue weighted by Crippen LogP contribution is 2.33. The number of benzene rings is 1. The molecular weight excluding hydrogens is 457 g/mol. The van der Waals surface area contributed by atoms with Gasteiger partial charge in [0, 0.05) is 67.6 Å². The normalized spacial score (nSPS) is 17.6. The lowest BCUT2D eigenvalue weighted by molar-refractivity contribution is -0.141. The molecular formula is C22H22ClF3N6O. The van der Waals surface area contributed by atoms with Crippen LogP contribution in [0.4, 0.5) is 30.6 Å². The average molecular weight is 479 g/mol. The Hall–Kier alpha value is -2.85. The zero-order valence-corrected chi connectivity index (χ0v) is 18.5. The molecule has 7 nitrogen and oxygen atoms in total. The van der Waals surface area contributed by atoms with E-state index >= 15 is 0 Å². The van der Waals surface area contributed by atoms with Crippen LogP contribution in [0, 0.1) is 0 Å². The zero-order chi connectivity index (χ0) is 23.0. The van der Waals surface area contributed by atoms with E-state index in [1.165, 1.54) is 0 Å². The van der Waals surface area contributed by atoms with Crippen molar-refractivity contribution in [3.63, 3.8) is 0 Å². The predicted octanol–water partition coefficient (Wildman–Crippen LogP) is 3.86. The molecule has 2 fully saturated rings. The Balaban J connectivity index is 1.38. The van der Waals surface area contributed by atoms with Crippen LogP contribution in [0.15, 0.2) is 36.5 Å². The van der Waals surface area contributed by atoms with Crippen molar-refractivity contribution in [1.29, 1.82) is 0 Å². The van der Waals surface area contributed by atoms with E-state index in [0.29, 0.717) is 63.3 Å². The fourth-order valence-corrected chi connectivity index (χ4v) is 4.36. The van der Waals surface area contributed by atoms with Crippen molar-refractivity contribution >= 4 is 40.0 Å². The van der Waals surface area contributed by atoms with E-state index in [-0.39, 0.29) is 5.95 Å². The number of hydrogen-bond donors (Lipinski definition) is 0. The molecule has 2 aliphatic heterocycles. The van der Waals surface area contributed by atoms with Gasteiger partial charge in [0.15, 0.2) is 5.69 Å². The van der Waals surface area contributed by atoms with E-state index < -0.39 is 11.9 Å². The number of aromatic nitrogens is 3. The molecule has 0 N–H and O–H groups in total. The molecule has 0 bridgehead atoms. The number of pyridine rings is 1. The summed E-state index contributed by atoms with van der Waals surface area (Å²) >= 11 is 6.09. The first kappa shape index (κ1) is 22.0. The standard InChI is InChI=1S/C22H22ClF3N6O/c23-15-1-2-16-17(13-15)27-4-3-18(16)30-5-7-31(8-6-30)20-14-19(22(24,25)26)28-21(29-20)32-9-11-33-12-10-32/h1-4,13-14H,5-12H2. The van der Waals surface area contributed by atoms with Gasteiger partial charge in [0.05, 0.1) is 18.7 Å². The van der Waals surface area contributed by atoms with Crippen molar-refractivity contribution in [2.45, 2.75) is 6.18 Å². The third-order valence-corrected chi connectivity index (χ3v) is 6.15. The fourth-order valence-electron chi connectivity index (χ4n) is 4.19. The quantitative estimate of drug-likeness (QED) is 0.566. The van der Waals surface area contributed by atoms with Crippen LogP contribution in [0.1, 0.15) is 5.69 Å². The number of hydrogen-bond acceptors (Lipinski definition) is 7. The van der Waals surface area contributed by atoms with Gasteiger partial charge in [-0.2, -0.15) is 18.2 Å². The highest BCUT2D eigenvalue weighted by Gasteiger charge is 2.35. The highest BCUT2D eigenvalue weighted by molar-refractivity contribution is 6.31. The van der Waals surface area contributed by atoms with E-state index in [1.54, 1.807) is 11.1 Å². The minimum Gasteiger partial charge on any atom is -0.378 e. The number of nitrogens with zero attached hydrogens (tertiary/aromatic N) is 6. The summed E-state index contributed by atoms with van der Waals surface area (Å²) in [6.07, 6.45) is -2.80. The number of rotatable bonds is 3. The monoisotopic (exact) mass is 478 g/mol. The summed E-state index contributed by atoms with van der Waals surface area (Å²) in [6, 6.07) is 8.60. The number of piperazine rings is 1. The fraction of sp³-hybridized carbons (Fsp3) is 0.409. The molecule has 0 unspecified atom stereocenters. The van der Waals surface area contributed by atoms with E-state index in [9.17, 15) is 13.2 Å². The van der Waals surface area contributed by atoms with Gasteiger partial charge >= 0.3 is 6.18 Å². The molecule has 0 radical (unpaired) electrons. The molecule has 0 aliphatic carbocycles. The summed E-state index contributed by atoms with van der Waals surface area (Å²) in [6.45, 7) is 4.17. The second-order valence-electron chi connectivity index (χ2n) is 7.97. The molecule has 4 heterocycles. The predicted molar refractivity (Wildman–Crippen MR) is 121 cm³/mol. The third kappa shape index (κ3) is 4.63. The number of alkyl halides is 3. The van der Waals surface area contributed by atoms with Crippen molar-refractivity contribution < 1.29 is 17.9 Å². The lowest BCUT2D eigenvalue weighted by Gasteiger charge is -2.37. The topological polar surface area (TPSA) is 57.6 Å². The van der Waals surface area contributed by atoms with Gasteiger partial charge in [0.1, 0.15) is 5.82 Å². The second kappa shape index (κ2) is 8.83. The third-order valence-electron chi connectivity index (χ3n) is 5.91. The molecule has 1 aromatic carbocycles. The first-order valence-electron chi connectivity index (χ1n) is 10.7. The molecule has 5 rings (SSSR count). The number of morpholine rings is 1. The van der Waals surface area contributed by atoms with E-state index in [2.05, 4.69) is 19.9 Å². The van der Waals surface area contributed by atoms with Gasteiger partial charge in [0.2, 0.25) is 5.95 Å². The zero-order valence-electron chi connectivity index (χ0n) is 17.7. The summed E-state index contributed by atoms with van der Waals surface area (Å²) in [7, 11) is 0. The number of halogens is 4. The molecule has 0 spiro atoms. The summed E-state index contributed by atoms with van der Waals surface area (Å²) in [5, 5.41) is 1.61. The van der Waals surface area contributed by atoms with E-state index in [4.69, 9.17) is 16.3 Å². The van der Waals surface area contributed by atoms with Crippen LogP contribution in [0.5, 0.6) is 0 Å². The summed E-state index contributed by atoms with van der Waals surface area (Å²) in [5.41, 5.74) is 0.917. The van der Waals surface area contributed by atoms with Crippen LogP contribution in [0.2, 0.25) is 5.02 Å². The van der Waals surface area contributed by atoms with Crippen LogP contribution in [0.3, 0.4) is 0 Å². The number of ether oxygens (including phenoxy) is 1. The molecule has 2 aromatic heterocycles. The molecule has 2 aliphatic rings. The lowest BCUT2D eigenvalue weighted by Crippen LogP contribution is -2.47. The minimum absolute atomic E-state index is 0.0996. The Labute approximate surface area is 193 Å². The van der Waals surface area contributed by atoms with Crippen molar-refractivity contribution in [1.82, 2.24) is 15.0 Å². The van der Waals surface area contributed by atoms with Gasteiger partial charge in [-0.25, -0.2) is 4.98 Å². The van der Waals surface area contributed by atoms with Crippen LogP contribution in [0.25, 0.3) is 10.9 Å². The molecule has 33 heavy (non-hydrogen) atoms. The highest BCUT2D eigenvalue weighted by atomic mass is 35.5. The summed E-state index contributed by atoms with van der Waals surface area (Å²) < 4.78 is 46.0. The van der Waals surface area contributed by atoms with E-state index in [0.717, 1.165) is 22.7 Å². The second-order valence-corrected chi connectivity index (χ2v) is 8.41. The molecule has 174 valence electrons. The maximum absolute atomic E-state index is 13.6.